The Kier molecular flexibility index (Phi) is 3.66. The van der Waals surface area contributed by atoms with Crippen molar-refractivity contribution in [2.75, 3.05) is 5.32 Å². The van der Waals surface area contributed by atoms with Crippen molar-refractivity contribution in [3.8, 4) is 0 Å². The number of furan rings is 1. The first-order chi connectivity index (χ1) is 8.58. The molecule has 0 amide bonds. The molecular weight excluding hydrogens is 300 g/mol. The van der Waals surface area contributed by atoms with E-state index in [1.54, 1.807) is 24.7 Å². The molecule has 1 aromatic carbocycles. The van der Waals surface area contributed by atoms with Crippen molar-refractivity contribution in [2.24, 2.45) is 0 Å². The molecule has 2 aromatic rings. The summed E-state index contributed by atoms with van der Waals surface area (Å²) in [7, 11) is 0. The minimum Gasteiger partial charge on any atom is -0.472 e. The van der Waals surface area contributed by atoms with Crippen molar-refractivity contribution in [3.63, 3.8) is 0 Å². The minimum atomic E-state index is -0.408. The molecular formula is C12H11BrN2O3. The molecule has 0 bridgehead atoms. The molecule has 0 spiro atoms. The fourth-order valence-electron chi connectivity index (χ4n) is 1.62. The van der Waals surface area contributed by atoms with E-state index in [-0.39, 0.29) is 11.7 Å². The largest absolute Gasteiger partial charge is 0.472 e. The smallest absolute Gasteiger partial charge is 0.293 e. The molecule has 6 heteroatoms. The summed E-state index contributed by atoms with van der Waals surface area (Å²) in [5, 5.41) is 14.1. The average molecular weight is 311 g/mol. The Balaban J connectivity index is 2.26. The summed E-state index contributed by atoms with van der Waals surface area (Å²) >= 11 is 3.22. The number of nitrogens with one attached hydrogen (secondary N) is 1. The van der Waals surface area contributed by atoms with Gasteiger partial charge < -0.3 is 9.73 Å². The number of nitrogens with zero attached hydrogens (tertiary/aromatic N) is 1. The Bertz CT molecular complexity index is 554. The van der Waals surface area contributed by atoms with E-state index < -0.39 is 4.92 Å². The first-order valence-electron chi connectivity index (χ1n) is 5.30. The van der Waals surface area contributed by atoms with Gasteiger partial charge in [-0.15, -0.1) is 0 Å². The Morgan fingerprint density at radius 1 is 1.44 bits per heavy atom. The highest BCUT2D eigenvalue weighted by molar-refractivity contribution is 9.10. The van der Waals surface area contributed by atoms with Gasteiger partial charge in [0.05, 0.1) is 23.5 Å². The SMILES string of the molecule is CC(Nc1ccc(Br)cc1[N+](=O)[O-])c1ccoc1. The summed E-state index contributed by atoms with van der Waals surface area (Å²) in [6, 6.07) is 6.67. The van der Waals surface area contributed by atoms with Crippen LogP contribution in [-0.4, -0.2) is 4.92 Å². The number of halogens is 1. The maximum atomic E-state index is 11.0. The first-order valence-corrected chi connectivity index (χ1v) is 6.10. The number of rotatable bonds is 4. The molecule has 94 valence electrons. The van der Waals surface area contributed by atoms with Crippen LogP contribution in [0.2, 0.25) is 0 Å². The van der Waals surface area contributed by atoms with Crippen LogP contribution in [0.4, 0.5) is 11.4 Å². The Morgan fingerprint density at radius 3 is 2.83 bits per heavy atom. The lowest BCUT2D eigenvalue weighted by atomic mass is 10.1. The van der Waals surface area contributed by atoms with Crippen LogP contribution in [0.15, 0.2) is 45.7 Å². The molecule has 18 heavy (non-hydrogen) atoms. The third kappa shape index (κ3) is 2.70. The predicted molar refractivity (Wildman–Crippen MR) is 71.5 cm³/mol. The number of hydrogen-bond donors (Lipinski definition) is 1. The fourth-order valence-corrected chi connectivity index (χ4v) is 1.96. The minimum absolute atomic E-state index is 0.0414. The van der Waals surface area contributed by atoms with Gasteiger partial charge in [-0.2, -0.15) is 0 Å². The second kappa shape index (κ2) is 5.22. The predicted octanol–water partition coefficient (Wildman–Crippen LogP) is 4.12. The molecule has 1 heterocycles. The molecule has 0 saturated carbocycles. The number of nitro groups is 1. The van der Waals surface area contributed by atoms with Crippen LogP contribution in [0, 0.1) is 10.1 Å². The third-order valence-corrected chi connectivity index (χ3v) is 3.06. The van der Waals surface area contributed by atoms with E-state index in [4.69, 9.17) is 4.42 Å². The van der Waals surface area contributed by atoms with Crippen molar-refractivity contribution in [3.05, 3.63) is 56.9 Å². The summed E-state index contributed by atoms with van der Waals surface area (Å²) in [6.45, 7) is 1.91. The van der Waals surface area contributed by atoms with E-state index in [1.165, 1.54) is 6.07 Å². The van der Waals surface area contributed by atoms with Gasteiger partial charge in [-0.25, -0.2) is 0 Å². The number of hydrogen-bond acceptors (Lipinski definition) is 4. The van der Waals surface area contributed by atoms with E-state index in [0.717, 1.165) is 5.56 Å². The number of nitro benzene ring substituents is 1. The molecule has 5 nitrogen and oxygen atoms in total. The molecule has 0 aliphatic carbocycles. The van der Waals surface area contributed by atoms with Crippen molar-refractivity contribution in [2.45, 2.75) is 13.0 Å². The first kappa shape index (κ1) is 12.6. The lowest BCUT2D eigenvalue weighted by Gasteiger charge is -2.13. The maximum absolute atomic E-state index is 11.0. The normalized spacial score (nSPS) is 12.1. The van der Waals surface area contributed by atoms with Crippen LogP contribution in [0.1, 0.15) is 18.5 Å². The monoisotopic (exact) mass is 310 g/mol. The lowest BCUT2D eigenvalue weighted by molar-refractivity contribution is -0.384. The lowest BCUT2D eigenvalue weighted by Crippen LogP contribution is -2.07. The van der Waals surface area contributed by atoms with Gasteiger partial charge in [-0.3, -0.25) is 10.1 Å². The van der Waals surface area contributed by atoms with Gasteiger partial charge in [0.1, 0.15) is 5.69 Å². The van der Waals surface area contributed by atoms with E-state index >= 15 is 0 Å². The highest BCUT2D eigenvalue weighted by Crippen LogP contribution is 2.30. The molecule has 0 fully saturated rings. The van der Waals surface area contributed by atoms with Crippen molar-refractivity contribution in [1.29, 1.82) is 0 Å². The molecule has 0 radical (unpaired) electrons. The van der Waals surface area contributed by atoms with Crippen LogP contribution < -0.4 is 5.32 Å². The molecule has 1 N–H and O–H groups in total. The highest BCUT2D eigenvalue weighted by atomic mass is 79.9. The zero-order valence-corrected chi connectivity index (χ0v) is 11.2. The summed E-state index contributed by atoms with van der Waals surface area (Å²) in [5.41, 5.74) is 1.46. The fraction of sp³-hybridized carbons (Fsp3) is 0.167. The summed E-state index contributed by atoms with van der Waals surface area (Å²) in [5.74, 6) is 0. The third-order valence-electron chi connectivity index (χ3n) is 2.57. The van der Waals surface area contributed by atoms with E-state index in [9.17, 15) is 10.1 Å². The Labute approximate surface area is 112 Å². The molecule has 0 aliphatic rings. The van der Waals surface area contributed by atoms with Gasteiger partial charge in [0, 0.05) is 16.1 Å². The molecule has 1 atom stereocenters. The zero-order chi connectivity index (χ0) is 13.1. The summed E-state index contributed by atoms with van der Waals surface area (Å²) in [4.78, 5) is 10.6. The van der Waals surface area contributed by atoms with Gasteiger partial charge in [0.25, 0.3) is 5.69 Å². The van der Waals surface area contributed by atoms with Crippen LogP contribution in [0.5, 0.6) is 0 Å². The van der Waals surface area contributed by atoms with Crippen LogP contribution >= 0.6 is 15.9 Å². The number of anilines is 1. The Morgan fingerprint density at radius 2 is 2.22 bits per heavy atom. The second-order valence-corrected chi connectivity index (χ2v) is 4.76. The van der Waals surface area contributed by atoms with Crippen LogP contribution in [-0.2, 0) is 0 Å². The highest BCUT2D eigenvalue weighted by Gasteiger charge is 2.16. The van der Waals surface area contributed by atoms with Gasteiger partial charge in [-0.1, -0.05) is 15.9 Å². The van der Waals surface area contributed by atoms with Crippen molar-refractivity contribution < 1.29 is 9.34 Å². The van der Waals surface area contributed by atoms with Gasteiger partial charge in [0.2, 0.25) is 0 Å². The molecule has 2 rings (SSSR count). The van der Waals surface area contributed by atoms with E-state index in [0.29, 0.717) is 10.2 Å². The van der Waals surface area contributed by atoms with Crippen LogP contribution in [0.25, 0.3) is 0 Å². The van der Waals surface area contributed by atoms with Gasteiger partial charge in [0.15, 0.2) is 0 Å². The standard InChI is InChI=1S/C12H11BrN2O3/c1-8(9-4-5-18-7-9)14-11-3-2-10(13)6-12(11)15(16)17/h2-8,14H,1H3. The zero-order valence-electron chi connectivity index (χ0n) is 9.59. The average Bonchev–Trinajstić information content (AvgIpc) is 2.84. The van der Waals surface area contributed by atoms with Crippen LogP contribution in [0.3, 0.4) is 0 Å². The quantitative estimate of drug-likeness (QED) is 0.681. The number of benzene rings is 1. The van der Waals surface area contributed by atoms with Crippen molar-refractivity contribution >= 4 is 27.3 Å². The van der Waals surface area contributed by atoms with E-state index in [1.807, 2.05) is 13.0 Å². The maximum Gasteiger partial charge on any atom is 0.293 e. The molecule has 0 aliphatic heterocycles. The van der Waals surface area contributed by atoms with Gasteiger partial charge in [-0.05, 0) is 25.1 Å². The molecule has 1 aromatic heterocycles. The topological polar surface area (TPSA) is 68.3 Å². The van der Waals surface area contributed by atoms with E-state index in [2.05, 4.69) is 21.2 Å². The van der Waals surface area contributed by atoms with Gasteiger partial charge >= 0.3 is 0 Å². The Hall–Kier alpha value is -1.82. The summed E-state index contributed by atoms with van der Waals surface area (Å²) in [6.07, 6.45) is 3.19. The molecule has 0 saturated heterocycles. The summed E-state index contributed by atoms with van der Waals surface area (Å²) < 4.78 is 5.67. The second-order valence-electron chi connectivity index (χ2n) is 3.84. The molecule has 1 unspecified atom stereocenters. The van der Waals surface area contributed by atoms with Crippen molar-refractivity contribution in [1.82, 2.24) is 0 Å².